The maximum atomic E-state index is 14.6. The molecule has 3 N–H and O–H groups in total. The Bertz CT molecular complexity index is 1120. The lowest BCUT2D eigenvalue weighted by molar-refractivity contribution is -0.154. The molecule has 0 radical (unpaired) electrons. The molecule has 0 saturated carbocycles. The Morgan fingerprint density at radius 3 is 2.75 bits per heavy atom. The van der Waals surface area contributed by atoms with Gasteiger partial charge in [0.25, 0.3) is 11.8 Å². The molecule has 4 rings (SSSR count). The van der Waals surface area contributed by atoms with Gasteiger partial charge in [-0.1, -0.05) is 0 Å². The molecule has 2 saturated heterocycles. The van der Waals surface area contributed by atoms with Gasteiger partial charge in [0.05, 0.1) is 17.1 Å². The number of halogens is 4. The average molecular weight is 510 g/mol. The molecule has 0 bridgehead atoms. The topological polar surface area (TPSA) is 116 Å². The number of allylic oxidation sites excluding steroid dienone is 1. The summed E-state index contributed by atoms with van der Waals surface area (Å²) in [4.78, 5) is 25.5. The van der Waals surface area contributed by atoms with E-state index in [-0.39, 0.29) is 18.4 Å². The summed E-state index contributed by atoms with van der Waals surface area (Å²) in [5, 5.41) is 14.0. The number of hydrogen-bond donors (Lipinski definition) is 3. The number of anilines is 1. The quantitative estimate of drug-likeness (QED) is 0.370. The molecule has 194 valence electrons. The molecule has 2 aromatic rings. The number of aromatic nitrogens is 3. The minimum absolute atomic E-state index is 0.169. The molecule has 0 aromatic carbocycles. The van der Waals surface area contributed by atoms with Gasteiger partial charge in [-0.3, -0.25) is 9.78 Å². The molecule has 2 fully saturated rings. The first-order valence-electron chi connectivity index (χ1n) is 11.6. The summed E-state index contributed by atoms with van der Waals surface area (Å²) in [6.07, 6.45) is 3.43. The van der Waals surface area contributed by atoms with Crippen LogP contribution in [0.1, 0.15) is 25.0 Å². The highest BCUT2D eigenvalue weighted by Gasteiger charge is 2.46. The lowest BCUT2D eigenvalue weighted by Gasteiger charge is -2.38. The van der Waals surface area contributed by atoms with Crippen molar-refractivity contribution in [1.82, 2.24) is 25.2 Å². The van der Waals surface area contributed by atoms with Crippen LogP contribution in [-0.4, -0.2) is 83.2 Å². The number of carbonyl (C=O) groups excluding carboxylic acids is 1. The predicted octanol–water partition coefficient (Wildman–Crippen LogP) is 2.94. The zero-order valence-corrected chi connectivity index (χ0v) is 19.4. The molecule has 2 aliphatic heterocycles. The Morgan fingerprint density at radius 2 is 2.03 bits per heavy atom. The summed E-state index contributed by atoms with van der Waals surface area (Å²) < 4.78 is 60.2. The van der Waals surface area contributed by atoms with Crippen molar-refractivity contribution in [3.63, 3.8) is 0 Å². The third kappa shape index (κ3) is 5.89. The molecule has 13 heteroatoms. The van der Waals surface area contributed by atoms with Gasteiger partial charge >= 0.3 is 6.43 Å². The van der Waals surface area contributed by atoms with Crippen LogP contribution in [0.5, 0.6) is 0 Å². The number of alkyl halides is 4. The highest BCUT2D eigenvalue weighted by molar-refractivity contribution is 6.08. The molecule has 2 aromatic heterocycles. The second-order valence-corrected chi connectivity index (χ2v) is 8.75. The Balaban J connectivity index is 1.56. The van der Waals surface area contributed by atoms with Crippen molar-refractivity contribution in [1.29, 1.82) is 5.41 Å². The standard InChI is InChI=1S/C23H27F4N7O2/c24-20(25)22(35)34-6-3-23(26,27)15(13-34)12-32-21-19-18(29-4-5-30-19)9-17(33-21)14(10-28)11-31-16-1-7-36-8-2-16/h4-5,9-11,15-16,20,28,31H,1-3,6-8,12-13H2,(H,32,33)/b14-11+,28-10?. The van der Waals surface area contributed by atoms with E-state index in [9.17, 15) is 22.4 Å². The second-order valence-electron chi connectivity index (χ2n) is 8.75. The molecular formula is C23H27F4N7O2. The molecule has 0 aliphatic carbocycles. The van der Waals surface area contributed by atoms with Gasteiger partial charge in [0.1, 0.15) is 5.52 Å². The highest BCUT2D eigenvalue weighted by atomic mass is 19.3. The van der Waals surface area contributed by atoms with E-state index in [2.05, 4.69) is 25.6 Å². The fourth-order valence-electron chi connectivity index (χ4n) is 4.26. The van der Waals surface area contributed by atoms with Crippen LogP contribution in [-0.2, 0) is 9.53 Å². The number of nitrogens with zero attached hydrogens (tertiary/aromatic N) is 4. The summed E-state index contributed by atoms with van der Waals surface area (Å²) >= 11 is 0. The lowest BCUT2D eigenvalue weighted by Crippen LogP contribution is -2.52. The van der Waals surface area contributed by atoms with E-state index < -0.39 is 43.7 Å². The van der Waals surface area contributed by atoms with Crippen LogP contribution in [0.25, 0.3) is 16.6 Å². The van der Waals surface area contributed by atoms with E-state index >= 15 is 0 Å². The number of rotatable bonds is 8. The fraction of sp³-hybridized carbons (Fsp3) is 0.522. The number of amides is 1. The van der Waals surface area contributed by atoms with E-state index in [1.165, 1.54) is 12.4 Å². The van der Waals surface area contributed by atoms with Gasteiger partial charge in [0.15, 0.2) is 5.82 Å². The summed E-state index contributed by atoms with van der Waals surface area (Å²) in [7, 11) is 0. The van der Waals surface area contributed by atoms with Crippen LogP contribution in [0, 0.1) is 11.3 Å². The van der Waals surface area contributed by atoms with Crippen LogP contribution in [0.2, 0.25) is 0 Å². The Labute approximate surface area is 204 Å². The number of carbonyl (C=O) groups is 1. The van der Waals surface area contributed by atoms with Gasteiger partial charge in [-0.15, -0.1) is 0 Å². The largest absolute Gasteiger partial charge is 0.387 e. The Kier molecular flexibility index (Phi) is 7.97. The van der Waals surface area contributed by atoms with Crippen molar-refractivity contribution in [2.24, 2.45) is 5.92 Å². The monoisotopic (exact) mass is 509 g/mol. The van der Waals surface area contributed by atoms with Crippen LogP contribution in [0.3, 0.4) is 0 Å². The first-order valence-corrected chi connectivity index (χ1v) is 11.6. The number of hydrogen-bond acceptors (Lipinski definition) is 8. The summed E-state index contributed by atoms with van der Waals surface area (Å²) in [5.41, 5.74) is 1.61. The molecule has 1 unspecified atom stereocenters. The van der Waals surface area contributed by atoms with E-state index in [1.807, 2.05) is 0 Å². The number of likely N-dealkylation sites (tertiary alicyclic amines) is 1. The first-order chi connectivity index (χ1) is 17.3. The Morgan fingerprint density at radius 1 is 1.28 bits per heavy atom. The number of piperidine rings is 1. The van der Waals surface area contributed by atoms with Crippen molar-refractivity contribution in [2.45, 2.75) is 37.7 Å². The highest BCUT2D eigenvalue weighted by Crippen LogP contribution is 2.34. The lowest BCUT2D eigenvalue weighted by atomic mass is 9.93. The van der Waals surface area contributed by atoms with Gasteiger partial charge < -0.3 is 25.7 Å². The second kappa shape index (κ2) is 11.1. The number of fused-ring (bicyclic) bond motifs is 1. The Hall–Kier alpha value is -3.35. The summed E-state index contributed by atoms with van der Waals surface area (Å²) in [6, 6.07) is 1.84. The van der Waals surface area contributed by atoms with Gasteiger partial charge in [-0.2, -0.15) is 8.78 Å². The minimum Gasteiger partial charge on any atom is -0.387 e. The SMILES string of the molecule is N=C/C(=C\NC1CCOCC1)c1cc2nccnc2c(NCC2CN(C(=O)C(F)F)CCC2(F)F)n1. The molecule has 2 aliphatic rings. The third-order valence-corrected chi connectivity index (χ3v) is 6.37. The minimum atomic E-state index is -3.25. The normalized spacial score (nSPS) is 21.0. The van der Waals surface area contributed by atoms with E-state index in [4.69, 9.17) is 10.1 Å². The predicted molar refractivity (Wildman–Crippen MR) is 125 cm³/mol. The van der Waals surface area contributed by atoms with Gasteiger partial charge in [-0.25, -0.2) is 18.7 Å². The van der Waals surface area contributed by atoms with Crippen molar-refractivity contribution >= 4 is 34.5 Å². The fourth-order valence-corrected chi connectivity index (χ4v) is 4.26. The first kappa shape index (κ1) is 25.7. The third-order valence-electron chi connectivity index (χ3n) is 6.37. The number of pyridine rings is 1. The number of ether oxygens (including phenoxy) is 1. The van der Waals surface area contributed by atoms with E-state index in [0.717, 1.165) is 24.0 Å². The maximum absolute atomic E-state index is 14.6. The average Bonchev–Trinajstić information content (AvgIpc) is 2.88. The zero-order chi connectivity index (χ0) is 25.7. The van der Waals surface area contributed by atoms with Crippen LogP contribution in [0.4, 0.5) is 23.4 Å². The van der Waals surface area contributed by atoms with Crippen molar-refractivity contribution in [3.05, 3.63) is 30.4 Å². The summed E-state index contributed by atoms with van der Waals surface area (Å²) in [5.74, 6) is -5.84. The molecule has 1 atom stereocenters. The number of nitrogens with one attached hydrogen (secondary N) is 3. The van der Waals surface area contributed by atoms with Crippen molar-refractivity contribution in [3.8, 4) is 0 Å². The van der Waals surface area contributed by atoms with Gasteiger partial charge in [0.2, 0.25) is 0 Å². The van der Waals surface area contributed by atoms with Crippen LogP contribution < -0.4 is 10.6 Å². The van der Waals surface area contributed by atoms with Crippen LogP contribution >= 0.6 is 0 Å². The zero-order valence-electron chi connectivity index (χ0n) is 19.4. The van der Waals surface area contributed by atoms with E-state index in [0.29, 0.717) is 35.5 Å². The molecule has 1 amide bonds. The van der Waals surface area contributed by atoms with Crippen molar-refractivity contribution < 1.29 is 27.1 Å². The van der Waals surface area contributed by atoms with Gasteiger partial charge in [-0.05, 0) is 18.9 Å². The van der Waals surface area contributed by atoms with Crippen molar-refractivity contribution in [2.75, 3.05) is 38.2 Å². The molecule has 36 heavy (non-hydrogen) atoms. The molecular weight excluding hydrogens is 482 g/mol. The molecule has 9 nitrogen and oxygen atoms in total. The molecule has 0 spiro atoms. The van der Waals surface area contributed by atoms with E-state index in [1.54, 1.807) is 12.3 Å². The maximum Gasteiger partial charge on any atom is 0.315 e. The smallest absolute Gasteiger partial charge is 0.315 e. The molecule has 4 heterocycles. The van der Waals surface area contributed by atoms with Crippen LogP contribution in [0.15, 0.2) is 24.7 Å². The summed E-state index contributed by atoms with van der Waals surface area (Å²) in [6.45, 7) is 0.0343. The van der Waals surface area contributed by atoms with Gasteiger partial charge in [0, 0.05) is 75.7 Å².